The zero-order valence-corrected chi connectivity index (χ0v) is 11.4. The molecule has 0 N–H and O–H groups in total. The average Bonchev–Trinajstić information content (AvgIpc) is 2.01. The van der Waals surface area contributed by atoms with Crippen LogP contribution >= 0.6 is 0 Å². The van der Waals surface area contributed by atoms with Gasteiger partial charge in [-0.2, -0.15) is 4.79 Å². The minimum Gasteiger partial charge on any atom is -0.362 e. The maximum absolute atomic E-state index is 8.44. The molecule has 0 rings (SSSR count). The standard InChI is InChI=1S/C10H22N2Si/c1-10(2,3)8-6-4-5-7-9(13)12-11/h4-8H2,1-3,13H3. The molecule has 0 aromatic heterocycles. The highest BCUT2D eigenvalue weighted by Crippen LogP contribution is 2.22. The lowest BCUT2D eigenvalue weighted by molar-refractivity contribution is -0.00334. The molecule has 0 saturated carbocycles. The monoisotopic (exact) mass is 198 g/mol. The van der Waals surface area contributed by atoms with Crippen LogP contribution in [0.3, 0.4) is 0 Å². The summed E-state index contributed by atoms with van der Waals surface area (Å²) in [6.07, 6.45) is 6.02. The molecule has 0 aliphatic carbocycles. The Labute approximate surface area is 84.8 Å². The molecule has 0 bridgehead atoms. The smallest absolute Gasteiger partial charge is 0.226 e. The molecule has 0 aromatic rings. The summed E-state index contributed by atoms with van der Waals surface area (Å²) in [5, 5.41) is 0.982. The molecule has 0 amide bonds. The van der Waals surface area contributed by atoms with Gasteiger partial charge in [0.1, 0.15) is 10.2 Å². The van der Waals surface area contributed by atoms with E-state index >= 15 is 0 Å². The van der Waals surface area contributed by atoms with E-state index in [9.17, 15) is 0 Å². The van der Waals surface area contributed by atoms with Crippen molar-refractivity contribution in [1.29, 1.82) is 0 Å². The van der Waals surface area contributed by atoms with Crippen LogP contribution in [0.2, 0.25) is 0 Å². The van der Waals surface area contributed by atoms with Crippen molar-refractivity contribution in [3.05, 3.63) is 5.53 Å². The van der Waals surface area contributed by atoms with Gasteiger partial charge in [0, 0.05) is 6.42 Å². The number of unbranched alkanes of at least 4 members (excludes halogenated alkanes) is 2. The molecule has 0 radical (unpaired) electrons. The van der Waals surface area contributed by atoms with Gasteiger partial charge in [0.05, 0.1) is 0 Å². The minimum absolute atomic E-state index is 0.467. The molecule has 3 heteroatoms. The van der Waals surface area contributed by atoms with Crippen molar-refractivity contribution in [3.63, 3.8) is 0 Å². The van der Waals surface area contributed by atoms with Crippen LogP contribution in [0.15, 0.2) is 0 Å². The number of rotatable bonds is 5. The maximum Gasteiger partial charge on any atom is 0.226 e. The molecule has 0 aliphatic rings. The van der Waals surface area contributed by atoms with Gasteiger partial charge in [-0.05, 0) is 18.3 Å². The molecule has 13 heavy (non-hydrogen) atoms. The Bertz CT molecular complexity index is 188. The van der Waals surface area contributed by atoms with Crippen LogP contribution in [0.25, 0.3) is 5.53 Å². The van der Waals surface area contributed by atoms with E-state index in [1.807, 2.05) is 0 Å². The van der Waals surface area contributed by atoms with Crippen molar-refractivity contribution < 1.29 is 4.79 Å². The van der Waals surface area contributed by atoms with Crippen LogP contribution in [0.5, 0.6) is 0 Å². The van der Waals surface area contributed by atoms with Crippen molar-refractivity contribution in [3.8, 4) is 0 Å². The van der Waals surface area contributed by atoms with E-state index in [4.69, 9.17) is 5.53 Å². The topological polar surface area (TPSA) is 36.4 Å². The van der Waals surface area contributed by atoms with E-state index in [0.717, 1.165) is 22.0 Å². The highest BCUT2D eigenvalue weighted by molar-refractivity contribution is 6.57. The second-order valence-corrected chi connectivity index (χ2v) is 6.11. The van der Waals surface area contributed by atoms with E-state index in [-0.39, 0.29) is 0 Å². The van der Waals surface area contributed by atoms with Crippen LogP contribution in [0, 0.1) is 5.41 Å². The Morgan fingerprint density at radius 3 is 2.31 bits per heavy atom. The molecule has 0 aliphatic heterocycles. The SMILES string of the molecule is CC(C)(C)CCCCCC([SiH3])=[N+]=[N-]. The van der Waals surface area contributed by atoms with E-state index in [0.29, 0.717) is 5.41 Å². The van der Waals surface area contributed by atoms with Gasteiger partial charge in [-0.1, -0.05) is 33.6 Å². The second-order valence-electron chi connectivity index (χ2n) is 4.96. The van der Waals surface area contributed by atoms with Crippen LogP contribution in [-0.2, 0) is 0 Å². The largest absolute Gasteiger partial charge is 0.362 e. The fraction of sp³-hybridized carbons (Fsp3) is 0.900. The Hall–Kier alpha value is -0.403. The van der Waals surface area contributed by atoms with E-state index in [2.05, 4.69) is 25.6 Å². The van der Waals surface area contributed by atoms with Gasteiger partial charge in [-0.3, -0.25) is 0 Å². The summed E-state index contributed by atoms with van der Waals surface area (Å²) in [4.78, 5) is 3.21. The van der Waals surface area contributed by atoms with Gasteiger partial charge in [-0.25, -0.2) is 0 Å². The molecule has 0 fully saturated rings. The first-order chi connectivity index (χ1) is 5.95. The molecule has 76 valence electrons. The van der Waals surface area contributed by atoms with Gasteiger partial charge in [0.2, 0.25) is 5.33 Å². The molecule has 2 nitrogen and oxygen atoms in total. The first kappa shape index (κ1) is 12.6. The fourth-order valence-corrected chi connectivity index (χ4v) is 1.62. The quantitative estimate of drug-likeness (QED) is 0.213. The summed E-state index contributed by atoms with van der Waals surface area (Å²) in [7, 11) is 0.899. The Kier molecular flexibility index (Phi) is 5.92. The summed E-state index contributed by atoms with van der Waals surface area (Å²) in [6, 6.07) is 0. The van der Waals surface area contributed by atoms with Gasteiger partial charge >= 0.3 is 0 Å². The molecule has 0 aromatic carbocycles. The predicted molar refractivity (Wildman–Crippen MR) is 61.1 cm³/mol. The van der Waals surface area contributed by atoms with Crippen molar-refractivity contribution >= 4 is 15.6 Å². The molecule has 0 unspecified atom stereocenters. The highest BCUT2D eigenvalue weighted by Gasteiger charge is 2.08. The fourth-order valence-electron chi connectivity index (χ4n) is 1.26. The zero-order chi connectivity index (χ0) is 10.3. The number of nitrogens with zero attached hydrogens (tertiary/aromatic N) is 2. The van der Waals surface area contributed by atoms with Gasteiger partial charge < -0.3 is 5.53 Å². The predicted octanol–water partition coefficient (Wildman–Crippen LogP) is 1.98. The van der Waals surface area contributed by atoms with Crippen LogP contribution < -0.4 is 0 Å². The molecular weight excluding hydrogens is 176 g/mol. The molecule has 0 heterocycles. The van der Waals surface area contributed by atoms with Gasteiger partial charge in [0.25, 0.3) is 0 Å². The summed E-state index contributed by atoms with van der Waals surface area (Å²) < 4.78 is 0. The summed E-state index contributed by atoms with van der Waals surface area (Å²) in [5.74, 6) is 0. The van der Waals surface area contributed by atoms with Gasteiger partial charge in [0.15, 0.2) is 0 Å². The lowest BCUT2D eigenvalue weighted by Crippen LogP contribution is -2.04. The van der Waals surface area contributed by atoms with Crippen molar-refractivity contribution in [2.45, 2.75) is 52.9 Å². The minimum atomic E-state index is 0.467. The maximum atomic E-state index is 8.44. The van der Waals surface area contributed by atoms with Gasteiger partial charge in [-0.15, -0.1) is 0 Å². The summed E-state index contributed by atoms with van der Waals surface area (Å²) in [5.41, 5.74) is 8.91. The van der Waals surface area contributed by atoms with Crippen LogP contribution in [0.1, 0.15) is 52.9 Å². The Balaban J connectivity index is 3.33. The molecule has 0 spiro atoms. The Morgan fingerprint density at radius 2 is 1.85 bits per heavy atom. The lowest BCUT2D eigenvalue weighted by atomic mass is 9.89. The third kappa shape index (κ3) is 9.51. The van der Waals surface area contributed by atoms with Crippen molar-refractivity contribution in [1.82, 2.24) is 0 Å². The molecule has 0 atom stereocenters. The van der Waals surface area contributed by atoms with Crippen molar-refractivity contribution in [2.75, 3.05) is 0 Å². The number of hydrogen-bond acceptors (Lipinski definition) is 0. The highest BCUT2D eigenvalue weighted by atomic mass is 28.1. The second kappa shape index (κ2) is 6.11. The third-order valence-corrected chi connectivity index (χ3v) is 2.84. The van der Waals surface area contributed by atoms with Crippen molar-refractivity contribution in [2.24, 2.45) is 5.41 Å². The number of hydrogen-bond donors (Lipinski definition) is 0. The lowest BCUT2D eigenvalue weighted by Gasteiger charge is -2.17. The molecular formula is C10H22N2Si. The zero-order valence-electron chi connectivity index (χ0n) is 9.43. The van der Waals surface area contributed by atoms with E-state index in [1.165, 1.54) is 25.7 Å². The summed E-state index contributed by atoms with van der Waals surface area (Å²) >= 11 is 0. The first-order valence-electron chi connectivity index (χ1n) is 5.13. The normalized spacial score (nSPS) is 11.3. The molecule has 0 saturated heterocycles. The van der Waals surface area contributed by atoms with Crippen LogP contribution in [0.4, 0.5) is 0 Å². The third-order valence-electron chi connectivity index (χ3n) is 2.14. The van der Waals surface area contributed by atoms with E-state index < -0.39 is 0 Å². The first-order valence-corrected chi connectivity index (χ1v) is 6.13. The summed E-state index contributed by atoms with van der Waals surface area (Å²) in [6.45, 7) is 6.83. The van der Waals surface area contributed by atoms with E-state index in [1.54, 1.807) is 0 Å². The van der Waals surface area contributed by atoms with Crippen LogP contribution in [-0.4, -0.2) is 20.4 Å². The average molecular weight is 198 g/mol. The Morgan fingerprint density at radius 1 is 1.23 bits per heavy atom.